The number of nitrogen functional groups attached to an aromatic ring is 2. The molecule has 6 nitrogen and oxygen atoms in total. The Morgan fingerprint density at radius 2 is 1.76 bits per heavy atom. The molecule has 0 fully saturated rings. The maximum absolute atomic E-state index is 11.3. The first kappa shape index (κ1) is 11.6. The number of nitrogens with one attached hydrogen (secondary N) is 1. The molecule has 2 aromatic carbocycles. The van der Waals surface area contributed by atoms with Crippen LogP contribution in [0, 0.1) is 0 Å². The molecule has 17 heavy (non-hydrogen) atoms. The number of benzene rings is 2. The van der Waals surface area contributed by atoms with Gasteiger partial charge in [-0.05, 0) is 6.07 Å². The smallest absolute Gasteiger partial charge is 0.295 e. The number of fused-ring (bicyclic) bond motifs is 1. The van der Waals surface area contributed by atoms with Gasteiger partial charge in [-0.25, -0.2) is 0 Å². The highest BCUT2D eigenvalue weighted by molar-refractivity contribution is 7.86. The normalized spacial score (nSPS) is 11.6. The highest BCUT2D eigenvalue weighted by Gasteiger charge is 2.17. The minimum absolute atomic E-state index is 0.227. The number of hydrazine groups is 1. The molecule has 0 aromatic heterocycles. The van der Waals surface area contributed by atoms with Crippen molar-refractivity contribution in [2.45, 2.75) is 4.90 Å². The first-order valence-electron chi connectivity index (χ1n) is 4.70. The third kappa shape index (κ3) is 1.91. The molecule has 0 atom stereocenters. The van der Waals surface area contributed by atoms with E-state index in [9.17, 15) is 8.42 Å². The van der Waals surface area contributed by atoms with Crippen molar-refractivity contribution in [3.05, 3.63) is 30.3 Å². The molecule has 0 bridgehead atoms. The maximum Gasteiger partial charge on any atom is 0.295 e. The molecule has 0 heterocycles. The van der Waals surface area contributed by atoms with Crippen LogP contribution in [-0.2, 0) is 10.1 Å². The van der Waals surface area contributed by atoms with E-state index in [0.717, 1.165) is 0 Å². The summed E-state index contributed by atoms with van der Waals surface area (Å²) < 4.78 is 31.7. The largest absolute Gasteiger partial charge is 0.397 e. The Bertz CT molecular complexity index is 683. The number of hydrogen-bond donors (Lipinski definition) is 4. The molecule has 2 aromatic rings. The summed E-state index contributed by atoms with van der Waals surface area (Å²) in [7, 11) is -4.33. The van der Waals surface area contributed by atoms with Gasteiger partial charge < -0.3 is 11.2 Å². The predicted octanol–water partition coefficient (Wildman–Crippen LogP) is 0.954. The molecule has 2 rings (SSSR count). The Morgan fingerprint density at radius 3 is 2.29 bits per heavy atom. The van der Waals surface area contributed by atoms with Crippen LogP contribution >= 0.6 is 0 Å². The van der Waals surface area contributed by atoms with Gasteiger partial charge in [0.2, 0.25) is 0 Å². The van der Waals surface area contributed by atoms with Gasteiger partial charge in [-0.2, -0.15) is 8.42 Å². The van der Waals surface area contributed by atoms with Crippen molar-refractivity contribution in [2.24, 2.45) is 5.84 Å². The molecular formula is C10H11N3O3S. The van der Waals surface area contributed by atoms with Crippen molar-refractivity contribution < 1.29 is 13.0 Å². The molecule has 0 aliphatic rings. The number of nitrogens with two attached hydrogens (primary N) is 2. The lowest BCUT2D eigenvalue weighted by molar-refractivity contribution is 0.484. The van der Waals surface area contributed by atoms with Crippen LogP contribution in [0.15, 0.2) is 35.2 Å². The second-order valence-corrected chi connectivity index (χ2v) is 4.89. The van der Waals surface area contributed by atoms with Crippen LogP contribution in [0.25, 0.3) is 10.8 Å². The Labute approximate surface area is 97.9 Å². The molecule has 0 aliphatic heterocycles. The second-order valence-electron chi connectivity index (χ2n) is 3.50. The molecule has 0 unspecified atom stereocenters. The third-order valence-corrected chi connectivity index (χ3v) is 3.38. The van der Waals surface area contributed by atoms with E-state index in [1.807, 2.05) is 0 Å². The predicted molar refractivity (Wildman–Crippen MR) is 66.0 cm³/mol. The molecule has 0 aliphatic carbocycles. The highest BCUT2D eigenvalue weighted by atomic mass is 32.2. The van der Waals surface area contributed by atoms with Crippen molar-refractivity contribution in [2.75, 3.05) is 11.2 Å². The van der Waals surface area contributed by atoms with Crippen LogP contribution in [0.4, 0.5) is 11.4 Å². The topological polar surface area (TPSA) is 118 Å². The fraction of sp³-hybridized carbons (Fsp3) is 0. The SMILES string of the molecule is NNc1cc(S(=O)(=O)O)c2ccccc2c1N. The Morgan fingerprint density at radius 1 is 1.18 bits per heavy atom. The fourth-order valence-electron chi connectivity index (χ4n) is 1.70. The van der Waals surface area contributed by atoms with Crippen molar-refractivity contribution in [1.82, 2.24) is 0 Å². The second kappa shape index (κ2) is 3.88. The fourth-order valence-corrected chi connectivity index (χ4v) is 2.42. The van der Waals surface area contributed by atoms with Crippen LogP contribution in [-0.4, -0.2) is 13.0 Å². The summed E-state index contributed by atoms with van der Waals surface area (Å²) in [6, 6.07) is 7.79. The maximum atomic E-state index is 11.3. The zero-order valence-corrected chi connectivity index (χ0v) is 9.53. The van der Waals surface area contributed by atoms with Crippen molar-refractivity contribution in [1.29, 1.82) is 0 Å². The van der Waals surface area contributed by atoms with Crippen LogP contribution in [0.2, 0.25) is 0 Å². The lowest BCUT2D eigenvalue weighted by Crippen LogP contribution is -2.11. The molecule has 90 valence electrons. The third-order valence-electron chi connectivity index (χ3n) is 2.48. The van der Waals surface area contributed by atoms with Gasteiger partial charge in [-0.3, -0.25) is 10.4 Å². The van der Waals surface area contributed by atoms with E-state index in [1.165, 1.54) is 6.07 Å². The summed E-state index contributed by atoms with van der Waals surface area (Å²) in [6.45, 7) is 0. The van der Waals surface area contributed by atoms with Gasteiger partial charge in [0.15, 0.2) is 0 Å². The summed E-state index contributed by atoms with van der Waals surface area (Å²) >= 11 is 0. The van der Waals surface area contributed by atoms with E-state index in [0.29, 0.717) is 16.5 Å². The molecule has 0 saturated heterocycles. The molecule has 0 amide bonds. The van der Waals surface area contributed by atoms with Gasteiger partial charge >= 0.3 is 0 Å². The van der Waals surface area contributed by atoms with Gasteiger partial charge in [0.25, 0.3) is 10.1 Å². The van der Waals surface area contributed by atoms with Gasteiger partial charge in [-0.15, -0.1) is 0 Å². The first-order valence-corrected chi connectivity index (χ1v) is 6.14. The highest BCUT2D eigenvalue weighted by Crippen LogP contribution is 2.33. The van der Waals surface area contributed by atoms with E-state index in [1.54, 1.807) is 24.3 Å². The first-order chi connectivity index (χ1) is 7.95. The lowest BCUT2D eigenvalue weighted by atomic mass is 10.1. The monoisotopic (exact) mass is 253 g/mol. The van der Waals surface area contributed by atoms with Crippen molar-refractivity contribution in [3.63, 3.8) is 0 Å². The van der Waals surface area contributed by atoms with Gasteiger partial charge in [0.05, 0.1) is 11.4 Å². The van der Waals surface area contributed by atoms with Crippen molar-refractivity contribution in [3.8, 4) is 0 Å². The minimum Gasteiger partial charge on any atom is -0.397 e. The zero-order chi connectivity index (χ0) is 12.6. The quantitative estimate of drug-likeness (QED) is 0.274. The van der Waals surface area contributed by atoms with Gasteiger partial charge in [-0.1, -0.05) is 24.3 Å². The zero-order valence-electron chi connectivity index (χ0n) is 8.71. The van der Waals surface area contributed by atoms with E-state index in [4.69, 9.17) is 16.1 Å². The van der Waals surface area contributed by atoms with E-state index in [2.05, 4.69) is 5.43 Å². The average Bonchev–Trinajstić information content (AvgIpc) is 2.28. The number of hydrogen-bond acceptors (Lipinski definition) is 5. The number of rotatable bonds is 2. The standard InChI is InChI=1S/C10H11N3O3S/c11-10-7-4-2-1-3-6(7)9(17(14,15)16)5-8(10)13-12/h1-5,13H,11-12H2,(H,14,15,16). The summed E-state index contributed by atoms with van der Waals surface area (Å²) in [6.07, 6.45) is 0. The van der Waals surface area contributed by atoms with Crippen LogP contribution < -0.4 is 17.0 Å². The van der Waals surface area contributed by atoms with Crippen LogP contribution in [0.1, 0.15) is 0 Å². The number of anilines is 2. The molecule has 0 spiro atoms. The summed E-state index contributed by atoms with van der Waals surface area (Å²) in [5, 5.41) is 0.863. The Hall–Kier alpha value is -1.83. The Balaban J connectivity index is 2.99. The molecule has 0 saturated carbocycles. The van der Waals surface area contributed by atoms with Crippen molar-refractivity contribution >= 4 is 32.3 Å². The molecular weight excluding hydrogens is 242 g/mol. The van der Waals surface area contributed by atoms with E-state index < -0.39 is 10.1 Å². The summed E-state index contributed by atoms with van der Waals surface area (Å²) in [5.41, 5.74) is 8.70. The van der Waals surface area contributed by atoms with Gasteiger partial charge in [0, 0.05) is 10.8 Å². The average molecular weight is 253 g/mol. The molecule has 7 heteroatoms. The van der Waals surface area contributed by atoms with Crippen LogP contribution in [0.3, 0.4) is 0 Å². The Kier molecular flexibility index (Phi) is 2.66. The lowest BCUT2D eigenvalue weighted by Gasteiger charge is -2.11. The molecule has 6 N–H and O–H groups in total. The van der Waals surface area contributed by atoms with Gasteiger partial charge in [0.1, 0.15) is 4.90 Å². The minimum atomic E-state index is -4.33. The molecule has 0 radical (unpaired) electrons. The van der Waals surface area contributed by atoms with E-state index >= 15 is 0 Å². The van der Waals surface area contributed by atoms with E-state index in [-0.39, 0.29) is 10.6 Å². The summed E-state index contributed by atoms with van der Waals surface area (Å²) in [5.74, 6) is 5.25. The van der Waals surface area contributed by atoms with Crippen LogP contribution in [0.5, 0.6) is 0 Å². The summed E-state index contributed by atoms with van der Waals surface area (Å²) in [4.78, 5) is -0.227.